The molecule has 1 aliphatic carbocycles. The highest BCUT2D eigenvalue weighted by Crippen LogP contribution is 2.50. The Labute approximate surface area is 184 Å². The Bertz CT molecular complexity index is 1100. The largest absolute Gasteiger partial charge is 0.497 e. The average Bonchev–Trinajstić information content (AvgIpc) is 3.41. The summed E-state index contributed by atoms with van der Waals surface area (Å²) in [5.74, 6) is 1.68. The molecule has 0 bridgehead atoms. The maximum atomic E-state index is 11.6. The number of aromatic nitrogens is 2. The Balaban J connectivity index is 1.43. The van der Waals surface area contributed by atoms with Crippen molar-refractivity contribution >= 4 is 10.9 Å². The molecule has 1 aliphatic heterocycles. The van der Waals surface area contributed by atoms with Crippen molar-refractivity contribution in [2.45, 2.75) is 52.3 Å². The van der Waals surface area contributed by atoms with E-state index in [0.29, 0.717) is 5.92 Å². The van der Waals surface area contributed by atoms with Crippen molar-refractivity contribution in [3.63, 3.8) is 0 Å². The van der Waals surface area contributed by atoms with Crippen molar-refractivity contribution in [3.05, 3.63) is 59.0 Å². The molecule has 0 amide bonds. The number of rotatable bonds is 5. The van der Waals surface area contributed by atoms with Gasteiger partial charge < -0.3 is 14.4 Å². The SMILES string of the molecule is CCn1c(C)c(CN2C[C@H]3CC[C@](O)(c4ccc(C)cn4)[C@H]3C2)c2cc(OC)ccc21. The van der Waals surface area contributed by atoms with Crippen LogP contribution in [-0.2, 0) is 18.7 Å². The summed E-state index contributed by atoms with van der Waals surface area (Å²) in [6.45, 7) is 10.3. The van der Waals surface area contributed by atoms with Crippen LogP contribution in [0.15, 0.2) is 36.5 Å². The van der Waals surface area contributed by atoms with Crippen LogP contribution in [0.2, 0.25) is 0 Å². The minimum Gasteiger partial charge on any atom is -0.497 e. The van der Waals surface area contributed by atoms with E-state index in [2.05, 4.69) is 46.5 Å². The first kappa shape index (κ1) is 20.5. The zero-order valence-corrected chi connectivity index (χ0v) is 19.1. The summed E-state index contributed by atoms with van der Waals surface area (Å²) in [5.41, 5.74) is 5.16. The molecule has 1 N–H and O–H groups in total. The lowest BCUT2D eigenvalue weighted by Gasteiger charge is -2.30. The number of aliphatic hydroxyl groups is 1. The number of benzene rings is 1. The van der Waals surface area contributed by atoms with E-state index in [9.17, 15) is 5.11 Å². The van der Waals surface area contributed by atoms with E-state index in [0.717, 1.165) is 56.0 Å². The van der Waals surface area contributed by atoms with Gasteiger partial charge in [0.1, 0.15) is 11.4 Å². The Morgan fingerprint density at radius 3 is 2.74 bits per heavy atom. The zero-order valence-electron chi connectivity index (χ0n) is 19.1. The van der Waals surface area contributed by atoms with Crippen LogP contribution >= 0.6 is 0 Å². The van der Waals surface area contributed by atoms with E-state index in [1.165, 1.54) is 22.2 Å². The van der Waals surface area contributed by atoms with Gasteiger partial charge in [-0.3, -0.25) is 9.88 Å². The van der Waals surface area contributed by atoms with Gasteiger partial charge in [0.15, 0.2) is 0 Å². The van der Waals surface area contributed by atoms with Gasteiger partial charge in [-0.15, -0.1) is 0 Å². The van der Waals surface area contributed by atoms with Gasteiger partial charge >= 0.3 is 0 Å². The van der Waals surface area contributed by atoms with Gasteiger partial charge in [0.25, 0.3) is 0 Å². The van der Waals surface area contributed by atoms with Crippen molar-refractivity contribution in [3.8, 4) is 5.75 Å². The second kappa shape index (κ2) is 7.64. The number of fused-ring (bicyclic) bond motifs is 2. The summed E-state index contributed by atoms with van der Waals surface area (Å²) in [7, 11) is 1.73. The lowest BCUT2D eigenvalue weighted by atomic mass is 9.85. The van der Waals surface area contributed by atoms with Gasteiger partial charge in [0.2, 0.25) is 0 Å². The lowest BCUT2D eigenvalue weighted by Crippen LogP contribution is -2.35. The monoisotopic (exact) mass is 419 g/mol. The Kier molecular flexibility index (Phi) is 5.06. The molecule has 0 spiro atoms. The molecule has 1 saturated heterocycles. The number of pyridine rings is 1. The van der Waals surface area contributed by atoms with E-state index in [1.54, 1.807) is 7.11 Å². The van der Waals surface area contributed by atoms with Crippen molar-refractivity contribution in [1.29, 1.82) is 0 Å². The summed E-state index contributed by atoms with van der Waals surface area (Å²) >= 11 is 0. The molecule has 2 aromatic heterocycles. The van der Waals surface area contributed by atoms with Crippen LogP contribution in [0.1, 0.15) is 42.3 Å². The minimum atomic E-state index is -0.803. The van der Waals surface area contributed by atoms with Gasteiger partial charge in [-0.1, -0.05) is 6.07 Å². The summed E-state index contributed by atoms with van der Waals surface area (Å²) in [5, 5.41) is 12.9. The standard InChI is InChI=1S/C26H33N3O2/c1-5-29-18(3)22(21-12-20(31-4)7-8-24(21)29)15-28-14-19-10-11-26(30,23(19)16-28)25-9-6-17(2)13-27-25/h6-9,12-13,19,23,30H,5,10-11,14-16H2,1-4H3/t19-,23+,26-/m1/s1. The summed E-state index contributed by atoms with van der Waals surface area (Å²) in [6, 6.07) is 10.5. The van der Waals surface area contributed by atoms with Crippen LogP contribution in [-0.4, -0.2) is 39.8 Å². The summed E-state index contributed by atoms with van der Waals surface area (Å²) in [6.07, 6.45) is 3.76. The Morgan fingerprint density at radius 1 is 1.19 bits per heavy atom. The lowest BCUT2D eigenvalue weighted by molar-refractivity contribution is -0.0108. The molecule has 164 valence electrons. The van der Waals surface area contributed by atoms with Crippen LogP contribution in [0.25, 0.3) is 10.9 Å². The Hall–Kier alpha value is -2.37. The predicted octanol–water partition coefficient (Wildman–Crippen LogP) is 4.41. The van der Waals surface area contributed by atoms with Gasteiger partial charge in [-0.25, -0.2) is 0 Å². The van der Waals surface area contributed by atoms with Gasteiger partial charge in [0.05, 0.1) is 12.8 Å². The first-order chi connectivity index (χ1) is 14.9. The molecule has 0 unspecified atom stereocenters. The molecular weight excluding hydrogens is 386 g/mol. The second-order valence-electron chi connectivity index (χ2n) is 9.44. The minimum absolute atomic E-state index is 0.247. The van der Waals surface area contributed by atoms with Gasteiger partial charge in [0, 0.05) is 54.9 Å². The van der Waals surface area contributed by atoms with E-state index in [-0.39, 0.29) is 5.92 Å². The topological polar surface area (TPSA) is 50.5 Å². The molecule has 0 radical (unpaired) electrons. The predicted molar refractivity (Wildman–Crippen MR) is 123 cm³/mol. The van der Waals surface area contributed by atoms with Crippen molar-refractivity contribution in [2.24, 2.45) is 11.8 Å². The average molecular weight is 420 g/mol. The third-order valence-electron chi connectivity index (χ3n) is 7.74. The van der Waals surface area contributed by atoms with Crippen LogP contribution < -0.4 is 4.74 Å². The number of nitrogens with zero attached hydrogens (tertiary/aromatic N) is 3. The van der Waals surface area contributed by atoms with Crippen LogP contribution in [0.4, 0.5) is 0 Å². The molecule has 5 nitrogen and oxygen atoms in total. The molecular formula is C26H33N3O2. The number of hydrogen-bond donors (Lipinski definition) is 1. The molecule has 1 aromatic carbocycles. The maximum Gasteiger partial charge on any atom is 0.119 e. The summed E-state index contributed by atoms with van der Waals surface area (Å²) in [4.78, 5) is 7.14. The van der Waals surface area contributed by atoms with Crippen molar-refractivity contribution in [1.82, 2.24) is 14.5 Å². The van der Waals surface area contributed by atoms with Gasteiger partial charge in [-0.2, -0.15) is 0 Å². The van der Waals surface area contributed by atoms with E-state index in [4.69, 9.17) is 4.74 Å². The fourth-order valence-corrected chi connectivity index (χ4v) is 6.04. The second-order valence-corrected chi connectivity index (χ2v) is 9.44. The molecule has 5 rings (SSSR count). The number of methoxy groups -OCH3 is 1. The first-order valence-electron chi connectivity index (χ1n) is 11.5. The number of hydrogen-bond acceptors (Lipinski definition) is 4. The molecule has 2 aliphatic rings. The molecule has 2 fully saturated rings. The fourth-order valence-electron chi connectivity index (χ4n) is 6.04. The van der Waals surface area contributed by atoms with E-state index in [1.807, 2.05) is 25.3 Å². The first-order valence-corrected chi connectivity index (χ1v) is 11.5. The van der Waals surface area contributed by atoms with E-state index < -0.39 is 5.60 Å². The molecule has 31 heavy (non-hydrogen) atoms. The smallest absolute Gasteiger partial charge is 0.119 e. The zero-order chi connectivity index (χ0) is 21.8. The number of ether oxygens (including phenoxy) is 1. The van der Waals surface area contributed by atoms with E-state index >= 15 is 0 Å². The highest BCUT2D eigenvalue weighted by molar-refractivity contribution is 5.87. The molecule has 1 saturated carbocycles. The van der Waals surface area contributed by atoms with Crippen molar-refractivity contribution in [2.75, 3.05) is 20.2 Å². The highest BCUT2D eigenvalue weighted by atomic mass is 16.5. The van der Waals surface area contributed by atoms with Gasteiger partial charge in [-0.05, 0) is 74.9 Å². The Morgan fingerprint density at radius 2 is 2.03 bits per heavy atom. The highest BCUT2D eigenvalue weighted by Gasteiger charge is 2.53. The number of aryl methyl sites for hydroxylation is 2. The van der Waals surface area contributed by atoms with Crippen LogP contribution in [0.3, 0.4) is 0 Å². The van der Waals surface area contributed by atoms with Crippen molar-refractivity contribution < 1.29 is 9.84 Å². The molecule has 3 aromatic rings. The van der Waals surface area contributed by atoms with Crippen LogP contribution in [0.5, 0.6) is 5.75 Å². The fraction of sp³-hybridized carbons (Fsp3) is 0.500. The normalized spacial score (nSPS) is 26.0. The van der Waals surface area contributed by atoms with Crippen LogP contribution in [0, 0.1) is 25.7 Å². The summed E-state index contributed by atoms with van der Waals surface area (Å²) < 4.78 is 7.91. The molecule has 5 heteroatoms. The quantitative estimate of drug-likeness (QED) is 0.666. The maximum absolute atomic E-state index is 11.6. The third-order valence-corrected chi connectivity index (χ3v) is 7.74. The third kappa shape index (κ3) is 3.26. The number of likely N-dealkylation sites (tertiary alicyclic amines) is 1. The molecule has 3 heterocycles. The molecule has 3 atom stereocenters.